The molecule has 0 saturated heterocycles. The Balaban J connectivity index is 2.16. The molecule has 0 fully saturated rings. The SMILES string of the molecule is CC(C)n1cc(NC(=O)c2ccc(F)cc2I)cn1. The third kappa shape index (κ3) is 3.31. The number of hydrogen-bond acceptors (Lipinski definition) is 2. The van der Waals surface area contributed by atoms with Crippen molar-refractivity contribution in [2.45, 2.75) is 19.9 Å². The van der Waals surface area contributed by atoms with Crippen LogP contribution in [0.2, 0.25) is 0 Å². The lowest BCUT2D eigenvalue weighted by atomic mass is 10.2. The fourth-order valence-electron chi connectivity index (χ4n) is 1.56. The Labute approximate surface area is 124 Å². The quantitative estimate of drug-likeness (QED) is 0.838. The molecule has 0 aliphatic heterocycles. The van der Waals surface area contributed by atoms with Crippen molar-refractivity contribution in [1.29, 1.82) is 0 Å². The van der Waals surface area contributed by atoms with Gasteiger partial charge in [-0.1, -0.05) is 0 Å². The minimum absolute atomic E-state index is 0.233. The maximum atomic E-state index is 13.0. The van der Waals surface area contributed by atoms with E-state index in [0.717, 1.165) is 0 Å². The van der Waals surface area contributed by atoms with Crippen LogP contribution in [-0.2, 0) is 0 Å². The lowest BCUT2D eigenvalue weighted by Gasteiger charge is -2.05. The van der Waals surface area contributed by atoms with Crippen LogP contribution < -0.4 is 5.32 Å². The van der Waals surface area contributed by atoms with Crippen LogP contribution in [0.4, 0.5) is 10.1 Å². The second-order valence-corrected chi connectivity index (χ2v) is 5.54. The monoisotopic (exact) mass is 373 g/mol. The number of amides is 1. The second kappa shape index (κ2) is 5.68. The molecule has 0 aliphatic rings. The van der Waals surface area contributed by atoms with E-state index in [-0.39, 0.29) is 17.8 Å². The zero-order valence-electron chi connectivity index (χ0n) is 10.5. The summed E-state index contributed by atoms with van der Waals surface area (Å²) >= 11 is 1.94. The molecule has 2 rings (SSSR count). The largest absolute Gasteiger partial charge is 0.319 e. The molecular weight excluding hydrogens is 360 g/mol. The molecule has 0 spiro atoms. The molecule has 6 heteroatoms. The predicted octanol–water partition coefficient (Wildman–Crippen LogP) is 3.46. The normalized spacial score (nSPS) is 10.8. The van der Waals surface area contributed by atoms with E-state index in [1.165, 1.54) is 18.2 Å². The van der Waals surface area contributed by atoms with Crippen molar-refractivity contribution in [3.05, 3.63) is 45.5 Å². The molecule has 1 aromatic heterocycles. The molecule has 0 atom stereocenters. The molecule has 19 heavy (non-hydrogen) atoms. The van der Waals surface area contributed by atoms with E-state index < -0.39 is 0 Å². The Morgan fingerprint density at radius 1 is 1.47 bits per heavy atom. The van der Waals surface area contributed by atoms with Gasteiger partial charge in [-0.05, 0) is 54.6 Å². The lowest BCUT2D eigenvalue weighted by Crippen LogP contribution is -2.13. The lowest BCUT2D eigenvalue weighted by molar-refractivity contribution is 0.102. The van der Waals surface area contributed by atoms with E-state index in [4.69, 9.17) is 0 Å². The van der Waals surface area contributed by atoms with E-state index in [9.17, 15) is 9.18 Å². The molecule has 0 unspecified atom stereocenters. The predicted molar refractivity (Wildman–Crippen MR) is 79.7 cm³/mol. The highest BCUT2D eigenvalue weighted by Crippen LogP contribution is 2.16. The van der Waals surface area contributed by atoms with Crippen molar-refractivity contribution in [2.75, 3.05) is 5.32 Å². The third-order valence-corrected chi connectivity index (χ3v) is 3.46. The summed E-state index contributed by atoms with van der Waals surface area (Å²) in [7, 11) is 0. The van der Waals surface area contributed by atoms with Crippen molar-refractivity contribution >= 4 is 34.2 Å². The van der Waals surface area contributed by atoms with Gasteiger partial charge in [-0.15, -0.1) is 0 Å². The molecule has 0 aliphatic carbocycles. The second-order valence-electron chi connectivity index (χ2n) is 4.38. The standard InChI is InChI=1S/C13H13FIN3O/c1-8(2)18-7-10(6-16-18)17-13(19)11-4-3-9(14)5-12(11)15/h3-8H,1-2H3,(H,17,19). The molecule has 1 heterocycles. The molecule has 1 amide bonds. The maximum Gasteiger partial charge on any atom is 0.256 e. The summed E-state index contributed by atoms with van der Waals surface area (Å²) in [5, 5.41) is 6.88. The Hall–Kier alpha value is -1.44. The Bertz CT molecular complexity index is 610. The minimum atomic E-state index is -0.353. The van der Waals surface area contributed by atoms with E-state index >= 15 is 0 Å². The van der Waals surface area contributed by atoms with Crippen LogP contribution in [0.3, 0.4) is 0 Å². The summed E-state index contributed by atoms with van der Waals surface area (Å²) in [4.78, 5) is 12.0. The van der Waals surface area contributed by atoms with Gasteiger partial charge in [0.15, 0.2) is 0 Å². The maximum absolute atomic E-state index is 13.0. The van der Waals surface area contributed by atoms with Crippen LogP contribution >= 0.6 is 22.6 Å². The van der Waals surface area contributed by atoms with E-state index in [1.807, 2.05) is 36.4 Å². The highest BCUT2D eigenvalue weighted by molar-refractivity contribution is 14.1. The zero-order chi connectivity index (χ0) is 14.0. The number of nitrogens with zero attached hydrogens (tertiary/aromatic N) is 2. The van der Waals surface area contributed by atoms with Crippen molar-refractivity contribution in [3.63, 3.8) is 0 Å². The van der Waals surface area contributed by atoms with Crippen molar-refractivity contribution < 1.29 is 9.18 Å². The van der Waals surface area contributed by atoms with Gasteiger partial charge < -0.3 is 5.32 Å². The van der Waals surface area contributed by atoms with Crippen molar-refractivity contribution in [1.82, 2.24) is 9.78 Å². The van der Waals surface area contributed by atoms with Gasteiger partial charge in [-0.2, -0.15) is 5.10 Å². The first-order chi connectivity index (χ1) is 8.97. The number of anilines is 1. The Kier molecular flexibility index (Phi) is 4.18. The molecule has 0 bridgehead atoms. The summed E-state index contributed by atoms with van der Waals surface area (Å²) in [6, 6.07) is 4.30. The summed E-state index contributed by atoms with van der Waals surface area (Å²) in [5.41, 5.74) is 1.07. The van der Waals surface area contributed by atoms with Gasteiger partial charge in [0.25, 0.3) is 5.91 Å². The fraction of sp³-hybridized carbons (Fsp3) is 0.231. The number of nitrogens with one attached hydrogen (secondary N) is 1. The average Bonchev–Trinajstić information content (AvgIpc) is 2.77. The van der Waals surface area contributed by atoms with Gasteiger partial charge >= 0.3 is 0 Å². The zero-order valence-corrected chi connectivity index (χ0v) is 12.7. The Morgan fingerprint density at radius 3 is 2.79 bits per heavy atom. The van der Waals surface area contributed by atoms with E-state index in [2.05, 4.69) is 10.4 Å². The first-order valence-corrected chi connectivity index (χ1v) is 6.86. The molecular formula is C13H13FIN3O. The van der Waals surface area contributed by atoms with Crippen LogP contribution in [-0.4, -0.2) is 15.7 Å². The molecule has 1 N–H and O–H groups in total. The average molecular weight is 373 g/mol. The first-order valence-electron chi connectivity index (χ1n) is 5.78. The first kappa shape index (κ1) is 14.0. The van der Waals surface area contributed by atoms with Crippen LogP contribution in [0.25, 0.3) is 0 Å². The fourth-order valence-corrected chi connectivity index (χ4v) is 2.28. The molecule has 4 nitrogen and oxygen atoms in total. The van der Waals surface area contributed by atoms with Gasteiger partial charge in [0.05, 0.1) is 17.4 Å². The van der Waals surface area contributed by atoms with Crippen molar-refractivity contribution in [2.24, 2.45) is 0 Å². The number of benzene rings is 1. The summed E-state index contributed by atoms with van der Waals surface area (Å²) in [6.07, 6.45) is 3.35. The van der Waals surface area contributed by atoms with Crippen LogP contribution in [0.5, 0.6) is 0 Å². The van der Waals surface area contributed by atoms with E-state index in [0.29, 0.717) is 14.8 Å². The third-order valence-electron chi connectivity index (χ3n) is 2.56. The van der Waals surface area contributed by atoms with Gasteiger partial charge in [-0.3, -0.25) is 9.48 Å². The molecule has 1 aromatic carbocycles. The topological polar surface area (TPSA) is 46.9 Å². The number of carbonyl (C=O) groups is 1. The number of aromatic nitrogens is 2. The highest BCUT2D eigenvalue weighted by atomic mass is 127. The van der Waals surface area contributed by atoms with Gasteiger partial charge in [0, 0.05) is 15.8 Å². The van der Waals surface area contributed by atoms with Crippen LogP contribution in [0.1, 0.15) is 30.2 Å². The van der Waals surface area contributed by atoms with Gasteiger partial charge in [0.1, 0.15) is 5.82 Å². The summed E-state index contributed by atoms with van der Waals surface area (Å²) in [6.45, 7) is 4.00. The summed E-state index contributed by atoms with van der Waals surface area (Å²) in [5.74, 6) is -0.624. The Morgan fingerprint density at radius 2 is 2.21 bits per heavy atom. The number of halogens is 2. The number of hydrogen-bond donors (Lipinski definition) is 1. The van der Waals surface area contributed by atoms with Crippen molar-refractivity contribution in [3.8, 4) is 0 Å². The number of carbonyl (C=O) groups excluding carboxylic acids is 1. The molecule has 0 radical (unpaired) electrons. The highest BCUT2D eigenvalue weighted by Gasteiger charge is 2.12. The molecule has 100 valence electrons. The number of rotatable bonds is 3. The van der Waals surface area contributed by atoms with Gasteiger partial charge in [0.2, 0.25) is 0 Å². The van der Waals surface area contributed by atoms with Crippen LogP contribution in [0.15, 0.2) is 30.6 Å². The van der Waals surface area contributed by atoms with Crippen LogP contribution in [0, 0.1) is 9.39 Å². The molecule has 2 aromatic rings. The smallest absolute Gasteiger partial charge is 0.256 e. The molecule has 0 saturated carbocycles. The van der Waals surface area contributed by atoms with Gasteiger partial charge in [-0.25, -0.2) is 4.39 Å². The summed E-state index contributed by atoms with van der Waals surface area (Å²) < 4.78 is 15.3. The van der Waals surface area contributed by atoms with E-state index in [1.54, 1.807) is 17.1 Å². The minimum Gasteiger partial charge on any atom is -0.319 e.